The molecular formula is C17H17F2NO3S. The molecule has 0 spiro atoms. The molecule has 3 rings (SSSR count). The predicted molar refractivity (Wildman–Crippen MR) is 87.0 cm³/mol. The van der Waals surface area contributed by atoms with Crippen LogP contribution in [0.15, 0.2) is 35.7 Å². The van der Waals surface area contributed by atoms with E-state index in [9.17, 15) is 13.6 Å². The monoisotopic (exact) mass is 353 g/mol. The molecule has 24 heavy (non-hydrogen) atoms. The van der Waals surface area contributed by atoms with Crippen LogP contribution in [0.2, 0.25) is 0 Å². The van der Waals surface area contributed by atoms with Crippen molar-refractivity contribution in [1.29, 1.82) is 0 Å². The molecule has 0 bridgehead atoms. The topological polar surface area (TPSA) is 38.8 Å². The molecule has 1 saturated heterocycles. The molecule has 0 saturated carbocycles. The highest BCUT2D eigenvalue weighted by Gasteiger charge is 2.31. The van der Waals surface area contributed by atoms with Crippen LogP contribution < -0.4 is 9.47 Å². The molecule has 0 aliphatic carbocycles. The molecular weight excluding hydrogens is 336 g/mol. The van der Waals surface area contributed by atoms with Crippen molar-refractivity contribution >= 4 is 17.2 Å². The molecule has 1 aliphatic heterocycles. The van der Waals surface area contributed by atoms with Crippen LogP contribution in [0.5, 0.6) is 11.5 Å². The highest BCUT2D eigenvalue weighted by molar-refractivity contribution is 7.10. The minimum atomic E-state index is -2.94. The minimum Gasteiger partial charge on any atom is -0.493 e. The quantitative estimate of drug-likeness (QED) is 0.803. The number of thiophene rings is 1. The van der Waals surface area contributed by atoms with Gasteiger partial charge in [-0.15, -0.1) is 11.3 Å². The van der Waals surface area contributed by atoms with Crippen LogP contribution in [0.4, 0.5) is 8.78 Å². The molecule has 1 atom stereocenters. The predicted octanol–water partition coefficient (Wildman–Crippen LogP) is 4.34. The molecule has 2 heterocycles. The summed E-state index contributed by atoms with van der Waals surface area (Å²) in [6.45, 7) is -2.26. The zero-order valence-electron chi connectivity index (χ0n) is 13.1. The molecule has 1 aromatic heterocycles. The van der Waals surface area contributed by atoms with Gasteiger partial charge in [0.25, 0.3) is 5.91 Å². The molecule has 1 fully saturated rings. The summed E-state index contributed by atoms with van der Waals surface area (Å²) in [5, 5.41) is 2.00. The summed E-state index contributed by atoms with van der Waals surface area (Å²) < 4.78 is 34.3. The summed E-state index contributed by atoms with van der Waals surface area (Å²) >= 11 is 1.63. The smallest absolute Gasteiger partial charge is 0.387 e. The third-order valence-electron chi connectivity index (χ3n) is 4.01. The number of nitrogens with zero attached hydrogens (tertiary/aromatic N) is 1. The van der Waals surface area contributed by atoms with Crippen LogP contribution in [0.3, 0.4) is 0 Å². The van der Waals surface area contributed by atoms with Crippen molar-refractivity contribution in [3.63, 3.8) is 0 Å². The molecule has 1 unspecified atom stereocenters. The Morgan fingerprint density at radius 3 is 2.83 bits per heavy atom. The number of carbonyl (C=O) groups is 1. The van der Waals surface area contributed by atoms with Crippen molar-refractivity contribution in [1.82, 2.24) is 4.90 Å². The third kappa shape index (κ3) is 3.36. The van der Waals surface area contributed by atoms with Gasteiger partial charge in [-0.05, 0) is 42.5 Å². The third-order valence-corrected chi connectivity index (χ3v) is 4.99. The summed E-state index contributed by atoms with van der Waals surface area (Å²) in [5.41, 5.74) is 0.400. The highest BCUT2D eigenvalue weighted by atomic mass is 32.1. The maximum absolute atomic E-state index is 12.8. The van der Waals surface area contributed by atoms with Gasteiger partial charge in [0.05, 0.1) is 13.2 Å². The number of hydrogen-bond donors (Lipinski definition) is 0. The molecule has 128 valence electrons. The van der Waals surface area contributed by atoms with Crippen molar-refractivity contribution in [2.24, 2.45) is 0 Å². The first-order chi connectivity index (χ1) is 11.6. The van der Waals surface area contributed by atoms with Gasteiger partial charge >= 0.3 is 6.61 Å². The molecule has 4 nitrogen and oxygen atoms in total. The van der Waals surface area contributed by atoms with Crippen molar-refractivity contribution in [3.8, 4) is 11.5 Å². The number of carbonyl (C=O) groups excluding carboxylic acids is 1. The maximum atomic E-state index is 12.8. The fourth-order valence-electron chi connectivity index (χ4n) is 2.95. The second-order valence-electron chi connectivity index (χ2n) is 5.42. The minimum absolute atomic E-state index is 0.0699. The fourth-order valence-corrected chi connectivity index (χ4v) is 3.82. The molecule has 0 N–H and O–H groups in total. The largest absolute Gasteiger partial charge is 0.493 e. The van der Waals surface area contributed by atoms with Gasteiger partial charge in [-0.25, -0.2) is 0 Å². The number of rotatable bonds is 5. The van der Waals surface area contributed by atoms with Gasteiger partial charge in [-0.2, -0.15) is 8.78 Å². The summed E-state index contributed by atoms with van der Waals surface area (Å²) in [7, 11) is 1.35. The normalized spacial score (nSPS) is 17.3. The number of alkyl halides is 2. The first kappa shape index (κ1) is 16.7. The van der Waals surface area contributed by atoms with Crippen LogP contribution in [0.1, 0.15) is 34.1 Å². The van der Waals surface area contributed by atoms with Crippen molar-refractivity contribution in [2.45, 2.75) is 25.5 Å². The van der Waals surface area contributed by atoms with E-state index in [4.69, 9.17) is 4.74 Å². The first-order valence-corrected chi connectivity index (χ1v) is 8.45. The Bertz CT molecular complexity index is 706. The molecule has 7 heteroatoms. The zero-order chi connectivity index (χ0) is 17.1. The van der Waals surface area contributed by atoms with Gasteiger partial charge < -0.3 is 14.4 Å². The van der Waals surface area contributed by atoms with E-state index in [1.54, 1.807) is 11.3 Å². The standard InChI is InChI=1S/C17H17F2NO3S/c1-22-14-10-11(6-7-13(14)23-17(18)19)16(21)20-8-2-4-12(20)15-5-3-9-24-15/h3,5-7,9-10,12,17H,2,4,8H2,1H3. The number of amides is 1. The number of methoxy groups -OCH3 is 1. The molecule has 2 aromatic rings. The van der Waals surface area contributed by atoms with Gasteiger partial charge in [0.2, 0.25) is 0 Å². The van der Waals surface area contributed by atoms with E-state index in [0.29, 0.717) is 12.1 Å². The summed E-state index contributed by atoms with van der Waals surface area (Å²) in [6.07, 6.45) is 1.87. The van der Waals surface area contributed by atoms with Crippen LogP contribution in [0, 0.1) is 0 Å². The van der Waals surface area contributed by atoms with Crippen LogP contribution >= 0.6 is 11.3 Å². The second kappa shape index (κ2) is 7.17. The number of hydrogen-bond acceptors (Lipinski definition) is 4. The molecule has 1 aromatic carbocycles. The van der Waals surface area contributed by atoms with E-state index in [1.807, 2.05) is 22.4 Å². The molecule has 1 amide bonds. The van der Waals surface area contributed by atoms with E-state index >= 15 is 0 Å². The number of halogens is 2. The van der Waals surface area contributed by atoms with Crippen molar-refractivity contribution in [3.05, 3.63) is 46.2 Å². The van der Waals surface area contributed by atoms with E-state index < -0.39 is 6.61 Å². The van der Waals surface area contributed by atoms with Gasteiger partial charge in [-0.1, -0.05) is 6.07 Å². The fraction of sp³-hybridized carbons (Fsp3) is 0.353. The number of likely N-dealkylation sites (tertiary alicyclic amines) is 1. The summed E-state index contributed by atoms with van der Waals surface area (Å²) in [5.74, 6) is -0.0962. The number of benzene rings is 1. The van der Waals surface area contributed by atoms with Gasteiger partial charge in [0.15, 0.2) is 11.5 Å². The maximum Gasteiger partial charge on any atom is 0.387 e. The van der Waals surface area contributed by atoms with Crippen LogP contribution in [0.25, 0.3) is 0 Å². The first-order valence-electron chi connectivity index (χ1n) is 7.57. The van der Waals surface area contributed by atoms with Gasteiger partial charge in [0, 0.05) is 17.0 Å². The Balaban J connectivity index is 1.84. The van der Waals surface area contributed by atoms with E-state index in [1.165, 1.54) is 25.3 Å². The molecule has 1 aliphatic rings. The molecule has 0 radical (unpaired) electrons. The average Bonchev–Trinajstić information content (AvgIpc) is 3.24. The second-order valence-corrected chi connectivity index (χ2v) is 6.40. The summed E-state index contributed by atoms with van der Waals surface area (Å²) in [6, 6.07) is 8.35. The van der Waals surface area contributed by atoms with Crippen molar-refractivity contribution in [2.75, 3.05) is 13.7 Å². The Morgan fingerprint density at radius 2 is 2.17 bits per heavy atom. The Hall–Kier alpha value is -2.15. The highest BCUT2D eigenvalue weighted by Crippen LogP contribution is 2.36. The Labute approximate surface area is 142 Å². The van der Waals surface area contributed by atoms with Crippen LogP contribution in [-0.4, -0.2) is 31.1 Å². The van der Waals surface area contributed by atoms with Gasteiger partial charge in [-0.3, -0.25) is 4.79 Å². The van der Waals surface area contributed by atoms with Gasteiger partial charge in [0.1, 0.15) is 0 Å². The lowest BCUT2D eigenvalue weighted by atomic mass is 10.1. The lowest BCUT2D eigenvalue weighted by Crippen LogP contribution is -2.30. The van der Waals surface area contributed by atoms with Crippen molar-refractivity contribution < 1.29 is 23.0 Å². The average molecular weight is 353 g/mol. The lowest BCUT2D eigenvalue weighted by molar-refractivity contribution is -0.0512. The summed E-state index contributed by atoms with van der Waals surface area (Å²) in [4.78, 5) is 15.8. The lowest BCUT2D eigenvalue weighted by Gasteiger charge is -2.24. The van der Waals surface area contributed by atoms with Crippen LogP contribution in [-0.2, 0) is 0 Å². The SMILES string of the molecule is COc1cc(C(=O)N2CCCC2c2cccs2)ccc1OC(F)F. The number of ether oxygens (including phenoxy) is 2. The Morgan fingerprint density at radius 1 is 1.33 bits per heavy atom. The zero-order valence-corrected chi connectivity index (χ0v) is 13.9. The van der Waals surface area contributed by atoms with E-state index in [2.05, 4.69) is 4.74 Å². The van der Waals surface area contributed by atoms with E-state index in [0.717, 1.165) is 17.7 Å². The van der Waals surface area contributed by atoms with E-state index in [-0.39, 0.29) is 23.4 Å². The Kier molecular flexibility index (Phi) is 4.99.